The van der Waals surface area contributed by atoms with Crippen molar-refractivity contribution in [1.82, 2.24) is 0 Å². The molecule has 0 unspecified atom stereocenters. The van der Waals surface area contributed by atoms with E-state index in [4.69, 9.17) is 5.21 Å². The third kappa shape index (κ3) is 3.38. The average Bonchev–Trinajstić information content (AvgIpc) is 2.30. The van der Waals surface area contributed by atoms with Crippen LogP contribution in [0.1, 0.15) is 25.8 Å². The van der Waals surface area contributed by atoms with Gasteiger partial charge in [-0.05, 0) is 5.56 Å². The van der Waals surface area contributed by atoms with Crippen molar-refractivity contribution in [2.24, 2.45) is 5.16 Å². The van der Waals surface area contributed by atoms with E-state index in [0.717, 1.165) is 10.3 Å². The lowest BCUT2D eigenvalue weighted by atomic mass is 10.1. The topological polar surface area (TPSA) is 58.7 Å². The molecular weight excluding hydrogens is 204 g/mol. The van der Waals surface area contributed by atoms with Crippen molar-refractivity contribution in [3.8, 4) is 0 Å². The smallest absolute Gasteiger partial charge is 0.159 e. The molecule has 4 heteroatoms. The fraction of sp³-hybridized carbons (Fsp3) is 0.333. The van der Waals surface area contributed by atoms with Crippen molar-refractivity contribution in [2.45, 2.75) is 20.3 Å². The summed E-state index contributed by atoms with van der Waals surface area (Å²) < 4.78 is 0.897. The Morgan fingerprint density at radius 3 is 2.44 bits per heavy atom. The summed E-state index contributed by atoms with van der Waals surface area (Å²) in [6, 6.07) is 9.33. The first-order valence-electron chi connectivity index (χ1n) is 5.16. The normalized spacial score (nSPS) is 11.2. The van der Waals surface area contributed by atoms with Crippen molar-refractivity contribution in [2.75, 3.05) is 6.54 Å². The number of rotatable bonds is 4. The monoisotopic (exact) mass is 220 g/mol. The van der Waals surface area contributed by atoms with Gasteiger partial charge >= 0.3 is 0 Å². The molecule has 86 valence electrons. The van der Waals surface area contributed by atoms with E-state index in [9.17, 15) is 5.21 Å². The van der Waals surface area contributed by atoms with E-state index in [-0.39, 0.29) is 0 Å². The molecule has 0 aromatic heterocycles. The summed E-state index contributed by atoms with van der Waals surface area (Å²) >= 11 is 0. The van der Waals surface area contributed by atoms with Crippen LogP contribution in [0.2, 0.25) is 0 Å². The molecule has 0 amide bonds. The van der Waals surface area contributed by atoms with E-state index in [1.165, 1.54) is 0 Å². The second-order valence-corrected chi connectivity index (χ2v) is 3.71. The Hall–Kier alpha value is -1.84. The molecule has 4 nitrogen and oxygen atoms in total. The van der Waals surface area contributed by atoms with Crippen molar-refractivity contribution in [1.29, 1.82) is 0 Å². The van der Waals surface area contributed by atoms with E-state index in [0.29, 0.717) is 24.4 Å². The Morgan fingerprint density at radius 1 is 1.31 bits per heavy atom. The van der Waals surface area contributed by atoms with Gasteiger partial charge in [0, 0.05) is 13.8 Å². The van der Waals surface area contributed by atoms with Crippen molar-refractivity contribution < 1.29 is 9.95 Å². The van der Waals surface area contributed by atoms with Gasteiger partial charge in [0.1, 0.15) is 0 Å². The third-order valence-electron chi connectivity index (χ3n) is 2.28. The maximum absolute atomic E-state index is 11.3. The second kappa shape index (κ2) is 5.90. The summed E-state index contributed by atoms with van der Waals surface area (Å²) in [6.07, 6.45) is 0.426. The van der Waals surface area contributed by atoms with Gasteiger partial charge in [-0.25, -0.2) is 4.74 Å². The molecule has 1 N–H and O–H groups in total. The molecule has 0 spiro atoms. The minimum absolute atomic E-state index is 0.302. The molecule has 1 aromatic rings. The molecule has 0 radical (unpaired) electrons. The molecule has 0 aliphatic heterocycles. The lowest BCUT2D eigenvalue weighted by Gasteiger charge is -2.07. The number of hydrogen-bond acceptors (Lipinski definition) is 3. The van der Waals surface area contributed by atoms with E-state index >= 15 is 0 Å². The van der Waals surface area contributed by atoms with Gasteiger partial charge in [0.2, 0.25) is 0 Å². The number of nitrogens with zero attached hydrogens (tertiary/aromatic N) is 2. The zero-order valence-corrected chi connectivity index (χ0v) is 9.55. The van der Waals surface area contributed by atoms with Crippen LogP contribution in [0.3, 0.4) is 0 Å². The fourth-order valence-corrected chi connectivity index (χ4v) is 1.31. The molecule has 0 bridgehead atoms. The number of hydrogen-bond donors (Lipinski definition) is 1. The average molecular weight is 220 g/mol. The van der Waals surface area contributed by atoms with Crippen LogP contribution >= 0.6 is 0 Å². The van der Waals surface area contributed by atoms with Crippen LogP contribution in [0, 0.1) is 5.21 Å². The summed E-state index contributed by atoms with van der Waals surface area (Å²) in [5.41, 5.74) is 2.07. The minimum atomic E-state index is 0.302. The van der Waals surface area contributed by atoms with Crippen LogP contribution in [0.5, 0.6) is 0 Å². The second-order valence-electron chi connectivity index (χ2n) is 3.71. The predicted molar refractivity (Wildman–Crippen MR) is 64.2 cm³/mol. The van der Waals surface area contributed by atoms with Crippen molar-refractivity contribution >= 4 is 11.4 Å². The Bertz CT molecular complexity index is 393. The van der Waals surface area contributed by atoms with Gasteiger partial charge in [-0.15, -0.1) is 0 Å². The van der Waals surface area contributed by atoms with Gasteiger partial charge in [-0.1, -0.05) is 35.5 Å². The maximum atomic E-state index is 11.3. The highest BCUT2D eigenvalue weighted by Gasteiger charge is 2.06. The summed E-state index contributed by atoms with van der Waals surface area (Å²) in [7, 11) is 0. The summed E-state index contributed by atoms with van der Waals surface area (Å²) in [5.74, 6) is 0. The lowest BCUT2D eigenvalue weighted by Crippen LogP contribution is -2.15. The number of hydroxylamine groups is 1. The van der Waals surface area contributed by atoms with Crippen LogP contribution < -0.4 is 0 Å². The van der Waals surface area contributed by atoms with Crippen LogP contribution in [-0.2, 0) is 0 Å². The van der Waals surface area contributed by atoms with Gasteiger partial charge in [0.05, 0.1) is 12.1 Å². The van der Waals surface area contributed by atoms with Crippen LogP contribution in [0.15, 0.2) is 35.5 Å². The Kier molecular flexibility index (Phi) is 4.51. The molecule has 0 heterocycles. The molecule has 0 aliphatic rings. The van der Waals surface area contributed by atoms with E-state index in [1.807, 2.05) is 30.3 Å². The largest absolute Gasteiger partial charge is 0.624 e. The zero-order chi connectivity index (χ0) is 12.0. The first-order valence-corrected chi connectivity index (χ1v) is 5.16. The van der Waals surface area contributed by atoms with Gasteiger partial charge in [0.25, 0.3) is 0 Å². The molecular formula is C12H16N2O2. The van der Waals surface area contributed by atoms with Crippen LogP contribution in [-0.4, -0.2) is 27.9 Å². The molecule has 0 atom stereocenters. The third-order valence-corrected chi connectivity index (χ3v) is 2.28. The maximum Gasteiger partial charge on any atom is 0.159 e. The number of benzene rings is 1. The first kappa shape index (κ1) is 12.2. The lowest BCUT2D eigenvalue weighted by molar-refractivity contribution is -0.456. The highest BCUT2D eigenvalue weighted by atomic mass is 16.5. The minimum Gasteiger partial charge on any atom is -0.624 e. The summed E-state index contributed by atoms with van der Waals surface area (Å²) in [5, 5.41) is 23.5. The highest BCUT2D eigenvalue weighted by molar-refractivity contribution is 6.00. The SMILES string of the molecule is CC(C)=[N+]([O-])CC/C(=N\O)c1ccccc1. The van der Waals surface area contributed by atoms with Crippen LogP contribution in [0.25, 0.3) is 0 Å². The Balaban J connectivity index is 2.69. The molecule has 0 saturated heterocycles. The summed E-state index contributed by atoms with van der Waals surface area (Å²) in [4.78, 5) is 0. The highest BCUT2D eigenvalue weighted by Crippen LogP contribution is 2.04. The van der Waals surface area contributed by atoms with E-state index < -0.39 is 0 Å². The van der Waals surface area contributed by atoms with Crippen molar-refractivity contribution in [3.05, 3.63) is 41.1 Å². The predicted octanol–water partition coefficient (Wildman–Crippen LogP) is 2.25. The van der Waals surface area contributed by atoms with E-state index in [2.05, 4.69) is 5.16 Å². The molecule has 0 saturated carbocycles. The fourth-order valence-electron chi connectivity index (χ4n) is 1.31. The summed E-state index contributed by atoms with van der Waals surface area (Å²) in [6.45, 7) is 3.81. The quantitative estimate of drug-likeness (QED) is 0.278. The molecule has 1 aromatic carbocycles. The van der Waals surface area contributed by atoms with Crippen LogP contribution in [0.4, 0.5) is 0 Å². The Labute approximate surface area is 95.1 Å². The standard InChI is InChI=1S/C12H16N2O2/c1-10(2)14(16)9-8-12(13-15)11-6-4-3-5-7-11/h3-7,15H,8-9H2,1-2H3/b13-12+. The molecule has 1 rings (SSSR count). The van der Waals surface area contributed by atoms with Gasteiger partial charge in [-0.3, -0.25) is 0 Å². The van der Waals surface area contributed by atoms with E-state index in [1.54, 1.807) is 13.8 Å². The molecule has 16 heavy (non-hydrogen) atoms. The van der Waals surface area contributed by atoms with Crippen molar-refractivity contribution in [3.63, 3.8) is 0 Å². The molecule has 0 fully saturated rings. The van der Waals surface area contributed by atoms with Gasteiger partial charge in [0.15, 0.2) is 12.3 Å². The van der Waals surface area contributed by atoms with Gasteiger partial charge < -0.3 is 10.4 Å². The van der Waals surface area contributed by atoms with Gasteiger partial charge in [-0.2, -0.15) is 0 Å². The number of oxime groups is 1. The zero-order valence-electron chi connectivity index (χ0n) is 9.55. The first-order chi connectivity index (χ1) is 7.65. The Morgan fingerprint density at radius 2 is 1.94 bits per heavy atom. The molecule has 0 aliphatic carbocycles.